The Hall–Kier alpha value is -2.89. The molecule has 0 heterocycles. The maximum Gasteiger partial charge on any atom is 0.347 e. The summed E-state index contributed by atoms with van der Waals surface area (Å²) >= 11 is 0. The number of esters is 1. The summed E-state index contributed by atoms with van der Waals surface area (Å²) < 4.78 is 23.3. The minimum atomic E-state index is -0.904. The van der Waals surface area contributed by atoms with Crippen LogP contribution < -0.4 is 10.1 Å². The van der Waals surface area contributed by atoms with Crippen molar-refractivity contribution in [2.75, 3.05) is 6.61 Å². The molecule has 1 aliphatic rings. The molecule has 0 unspecified atom stereocenters. The van der Waals surface area contributed by atoms with Gasteiger partial charge in [-0.05, 0) is 61.6 Å². The summed E-state index contributed by atoms with van der Waals surface area (Å²) in [4.78, 5) is 24.2. The quantitative estimate of drug-likeness (QED) is 0.791. The molecule has 5 nitrogen and oxygen atoms in total. The lowest BCUT2D eigenvalue weighted by molar-refractivity contribution is -0.154. The number of carbonyl (C=O) groups excluding carboxylic acids is 2. The van der Waals surface area contributed by atoms with Gasteiger partial charge < -0.3 is 14.8 Å². The van der Waals surface area contributed by atoms with Gasteiger partial charge in [0.1, 0.15) is 11.6 Å². The molecule has 0 radical (unpaired) electrons. The third-order valence-corrected chi connectivity index (χ3v) is 4.51. The Bertz CT molecular complexity index is 806. The van der Waals surface area contributed by atoms with Crippen LogP contribution in [-0.4, -0.2) is 24.6 Å². The van der Waals surface area contributed by atoms with Crippen LogP contribution in [-0.2, 0) is 20.7 Å². The third kappa shape index (κ3) is 5.06. The van der Waals surface area contributed by atoms with Gasteiger partial charge >= 0.3 is 5.97 Å². The molecule has 142 valence electrons. The lowest BCUT2D eigenvalue weighted by Crippen LogP contribution is -2.36. The van der Waals surface area contributed by atoms with E-state index in [0.717, 1.165) is 24.8 Å². The van der Waals surface area contributed by atoms with E-state index in [-0.39, 0.29) is 18.6 Å². The predicted molar refractivity (Wildman–Crippen MR) is 97.7 cm³/mol. The molecule has 1 aliphatic carbocycles. The molecule has 0 aromatic heterocycles. The number of aryl methyl sites for hydroxylation is 1. The first-order valence-corrected chi connectivity index (χ1v) is 8.99. The second-order valence-corrected chi connectivity index (χ2v) is 6.53. The molecule has 6 heteroatoms. The molecule has 2 aromatic rings. The van der Waals surface area contributed by atoms with Crippen LogP contribution in [0.15, 0.2) is 48.5 Å². The first kappa shape index (κ1) is 18.9. The molecular formula is C21H22FNO4. The number of fused-ring (bicyclic) bond motifs is 1. The first-order valence-electron chi connectivity index (χ1n) is 8.99. The van der Waals surface area contributed by atoms with Crippen LogP contribution >= 0.6 is 0 Å². The van der Waals surface area contributed by atoms with E-state index in [1.54, 1.807) is 0 Å². The van der Waals surface area contributed by atoms with Gasteiger partial charge in [0.25, 0.3) is 5.91 Å². The van der Waals surface area contributed by atoms with E-state index < -0.39 is 17.9 Å². The Kier molecular flexibility index (Phi) is 6.06. The van der Waals surface area contributed by atoms with Crippen molar-refractivity contribution >= 4 is 11.9 Å². The van der Waals surface area contributed by atoms with Crippen molar-refractivity contribution in [3.05, 3.63) is 65.5 Å². The van der Waals surface area contributed by atoms with Crippen LogP contribution in [0.25, 0.3) is 0 Å². The van der Waals surface area contributed by atoms with Crippen LogP contribution in [0.1, 0.15) is 36.9 Å². The zero-order valence-corrected chi connectivity index (χ0v) is 15.1. The topological polar surface area (TPSA) is 64.6 Å². The second kappa shape index (κ2) is 8.66. The summed E-state index contributed by atoms with van der Waals surface area (Å²) in [5, 5.41) is 2.93. The Morgan fingerprint density at radius 2 is 1.93 bits per heavy atom. The van der Waals surface area contributed by atoms with E-state index >= 15 is 0 Å². The molecule has 0 fully saturated rings. The van der Waals surface area contributed by atoms with Gasteiger partial charge in [-0.25, -0.2) is 9.18 Å². The van der Waals surface area contributed by atoms with Crippen molar-refractivity contribution < 1.29 is 23.5 Å². The minimum Gasteiger partial charge on any atom is -0.479 e. The SMILES string of the molecule is C[C@@H](Oc1ccc(F)cc1)C(=O)OCC(=O)N[C@@H]1CCCc2ccccc21. The maximum absolute atomic E-state index is 12.9. The van der Waals surface area contributed by atoms with Gasteiger partial charge in [0, 0.05) is 0 Å². The smallest absolute Gasteiger partial charge is 0.347 e. The van der Waals surface area contributed by atoms with Crippen molar-refractivity contribution in [3.8, 4) is 5.75 Å². The van der Waals surface area contributed by atoms with Gasteiger partial charge in [-0.15, -0.1) is 0 Å². The zero-order chi connectivity index (χ0) is 19.2. The van der Waals surface area contributed by atoms with Gasteiger partial charge in [-0.1, -0.05) is 24.3 Å². The van der Waals surface area contributed by atoms with E-state index in [9.17, 15) is 14.0 Å². The summed E-state index contributed by atoms with van der Waals surface area (Å²) in [5.74, 6) is -1.04. The van der Waals surface area contributed by atoms with Gasteiger partial charge in [-0.2, -0.15) is 0 Å². The molecule has 1 N–H and O–H groups in total. The number of rotatable bonds is 6. The fourth-order valence-corrected chi connectivity index (χ4v) is 3.16. The number of ether oxygens (including phenoxy) is 2. The largest absolute Gasteiger partial charge is 0.479 e. The van der Waals surface area contributed by atoms with Crippen LogP contribution in [0.2, 0.25) is 0 Å². The van der Waals surface area contributed by atoms with E-state index in [1.807, 2.05) is 18.2 Å². The molecule has 0 bridgehead atoms. The van der Waals surface area contributed by atoms with Gasteiger partial charge in [-0.3, -0.25) is 4.79 Å². The molecule has 27 heavy (non-hydrogen) atoms. The Morgan fingerprint density at radius 3 is 2.70 bits per heavy atom. The normalized spacial score (nSPS) is 16.7. The molecule has 0 spiro atoms. The highest BCUT2D eigenvalue weighted by Crippen LogP contribution is 2.29. The van der Waals surface area contributed by atoms with Crippen LogP contribution in [0.4, 0.5) is 4.39 Å². The number of nitrogens with one attached hydrogen (secondary N) is 1. The monoisotopic (exact) mass is 371 g/mol. The average molecular weight is 371 g/mol. The highest BCUT2D eigenvalue weighted by molar-refractivity contribution is 5.82. The van der Waals surface area contributed by atoms with Crippen molar-refractivity contribution in [3.63, 3.8) is 0 Å². The highest BCUT2D eigenvalue weighted by Gasteiger charge is 2.23. The van der Waals surface area contributed by atoms with Crippen LogP contribution in [0, 0.1) is 5.82 Å². The van der Waals surface area contributed by atoms with Gasteiger partial charge in [0.2, 0.25) is 0 Å². The Morgan fingerprint density at radius 1 is 1.19 bits per heavy atom. The molecule has 0 saturated carbocycles. The van der Waals surface area contributed by atoms with Crippen molar-refractivity contribution in [2.45, 2.75) is 38.3 Å². The zero-order valence-electron chi connectivity index (χ0n) is 15.1. The summed E-state index contributed by atoms with van der Waals surface area (Å²) in [5.41, 5.74) is 2.36. The molecular weight excluding hydrogens is 349 g/mol. The van der Waals surface area contributed by atoms with E-state index in [1.165, 1.54) is 36.8 Å². The number of hydrogen-bond acceptors (Lipinski definition) is 4. The molecule has 2 aromatic carbocycles. The van der Waals surface area contributed by atoms with E-state index in [0.29, 0.717) is 5.75 Å². The number of carbonyl (C=O) groups is 2. The molecule has 3 rings (SSSR count). The number of benzene rings is 2. The highest BCUT2D eigenvalue weighted by atomic mass is 19.1. The summed E-state index contributed by atoms with van der Waals surface area (Å²) in [7, 11) is 0. The Labute approximate surface area is 157 Å². The summed E-state index contributed by atoms with van der Waals surface area (Å²) in [6.45, 7) is 1.15. The van der Waals surface area contributed by atoms with Gasteiger partial charge in [0.15, 0.2) is 12.7 Å². The summed E-state index contributed by atoms with van der Waals surface area (Å²) in [6.07, 6.45) is 1.97. The third-order valence-electron chi connectivity index (χ3n) is 4.51. The first-order chi connectivity index (χ1) is 13.0. The number of amides is 1. The predicted octanol–water partition coefficient (Wildman–Crippen LogP) is 3.33. The number of halogens is 1. The molecule has 1 amide bonds. The van der Waals surface area contributed by atoms with Crippen molar-refractivity contribution in [1.82, 2.24) is 5.32 Å². The number of hydrogen-bond donors (Lipinski definition) is 1. The molecule has 0 aliphatic heterocycles. The Balaban J connectivity index is 1.47. The summed E-state index contributed by atoms with van der Waals surface area (Å²) in [6, 6.07) is 13.3. The fourth-order valence-electron chi connectivity index (χ4n) is 3.16. The maximum atomic E-state index is 12.9. The average Bonchev–Trinajstić information content (AvgIpc) is 2.68. The standard InChI is InChI=1S/C21H22FNO4/c1-14(27-17-11-9-16(22)10-12-17)21(25)26-13-20(24)23-19-8-4-6-15-5-2-3-7-18(15)19/h2-3,5,7,9-12,14,19H,4,6,8,13H2,1H3,(H,23,24)/t14-,19-/m1/s1. The van der Waals surface area contributed by atoms with Crippen molar-refractivity contribution in [1.29, 1.82) is 0 Å². The fraction of sp³-hybridized carbons (Fsp3) is 0.333. The second-order valence-electron chi connectivity index (χ2n) is 6.53. The van der Waals surface area contributed by atoms with E-state index in [4.69, 9.17) is 9.47 Å². The van der Waals surface area contributed by atoms with Gasteiger partial charge in [0.05, 0.1) is 6.04 Å². The van der Waals surface area contributed by atoms with E-state index in [2.05, 4.69) is 11.4 Å². The molecule has 2 atom stereocenters. The minimum absolute atomic E-state index is 0.0611. The van der Waals surface area contributed by atoms with Crippen LogP contribution in [0.3, 0.4) is 0 Å². The lowest BCUT2D eigenvalue weighted by atomic mass is 9.88. The van der Waals surface area contributed by atoms with Crippen molar-refractivity contribution in [2.24, 2.45) is 0 Å². The van der Waals surface area contributed by atoms with Crippen LogP contribution in [0.5, 0.6) is 5.75 Å². The lowest BCUT2D eigenvalue weighted by Gasteiger charge is -2.26. The molecule has 0 saturated heterocycles.